The van der Waals surface area contributed by atoms with E-state index in [-0.39, 0.29) is 25.7 Å². The molecular formula is C80H156O17P2. The molecule has 3 N–H and O–H groups in total. The second-order valence-electron chi connectivity index (χ2n) is 29.8. The molecule has 0 saturated heterocycles. The number of carbonyl (C=O) groups is 4. The average Bonchev–Trinajstić information content (AvgIpc) is 0.991. The smallest absolute Gasteiger partial charge is 0.462 e. The Morgan fingerprint density at radius 3 is 0.687 bits per heavy atom. The summed E-state index contributed by atoms with van der Waals surface area (Å²) in [5.74, 6) is -0.495. The van der Waals surface area contributed by atoms with Crippen molar-refractivity contribution in [2.24, 2.45) is 11.8 Å². The van der Waals surface area contributed by atoms with Gasteiger partial charge in [0.25, 0.3) is 0 Å². The van der Waals surface area contributed by atoms with Crippen LogP contribution >= 0.6 is 15.6 Å². The number of aliphatic hydroxyl groups is 1. The van der Waals surface area contributed by atoms with E-state index in [2.05, 4.69) is 41.5 Å². The van der Waals surface area contributed by atoms with E-state index in [4.69, 9.17) is 37.0 Å². The molecule has 17 nitrogen and oxygen atoms in total. The lowest BCUT2D eigenvalue weighted by atomic mass is 10.0. The number of esters is 4. The first-order valence-electron chi connectivity index (χ1n) is 41.5. The average molecular weight is 1450 g/mol. The van der Waals surface area contributed by atoms with Gasteiger partial charge in [0.2, 0.25) is 0 Å². The van der Waals surface area contributed by atoms with Crippen molar-refractivity contribution in [1.82, 2.24) is 0 Å². The van der Waals surface area contributed by atoms with Crippen LogP contribution in [-0.4, -0.2) is 96.7 Å². The summed E-state index contributed by atoms with van der Waals surface area (Å²) in [6.45, 7) is 9.66. The molecule has 0 aromatic heterocycles. The van der Waals surface area contributed by atoms with Gasteiger partial charge in [0.15, 0.2) is 12.2 Å². The lowest BCUT2D eigenvalue weighted by Crippen LogP contribution is -2.30. The summed E-state index contributed by atoms with van der Waals surface area (Å²) in [5.41, 5.74) is 0. The van der Waals surface area contributed by atoms with Crippen LogP contribution in [0.5, 0.6) is 0 Å². The van der Waals surface area contributed by atoms with Crippen molar-refractivity contribution in [2.75, 3.05) is 39.6 Å². The van der Waals surface area contributed by atoms with Gasteiger partial charge in [0.1, 0.15) is 19.3 Å². The molecule has 0 rings (SSSR count). The van der Waals surface area contributed by atoms with Crippen LogP contribution in [0.4, 0.5) is 0 Å². The van der Waals surface area contributed by atoms with E-state index in [1.165, 1.54) is 231 Å². The van der Waals surface area contributed by atoms with Crippen molar-refractivity contribution in [2.45, 2.75) is 439 Å². The molecule has 0 saturated carbocycles. The lowest BCUT2D eigenvalue weighted by molar-refractivity contribution is -0.161. The van der Waals surface area contributed by atoms with Crippen LogP contribution in [-0.2, 0) is 65.4 Å². The van der Waals surface area contributed by atoms with Gasteiger partial charge in [-0.3, -0.25) is 37.3 Å². The minimum Gasteiger partial charge on any atom is -0.462 e. The topological polar surface area (TPSA) is 237 Å². The first-order valence-corrected chi connectivity index (χ1v) is 44.5. The molecule has 588 valence electrons. The van der Waals surface area contributed by atoms with Gasteiger partial charge in [0.05, 0.1) is 26.4 Å². The second kappa shape index (κ2) is 71.7. The van der Waals surface area contributed by atoms with Crippen LogP contribution in [0.15, 0.2) is 0 Å². The van der Waals surface area contributed by atoms with Crippen LogP contribution in [0.2, 0.25) is 0 Å². The molecule has 0 heterocycles. The van der Waals surface area contributed by atoms with E-state index in [1.54, 1.807) is 0 Å². The molecule has 0 radical (unpaired) electrons. The molecule has 2 unspecified atom stereocenters. The molecule has 0 aliphatic heterocycles. The fourth-order valence-electron chi connectivity index (χ4n) is 12.4. The minimum absolute atomic E-state index is 0.108. The van der Waals surface area contributed by atoms with Gasteiger partial charge in [-0.1, -0.05) is 369 Å². The molecule has 0 fully saturated rings. The molecule has 5 atom stereocenters. The van der Waals surface area contributed by atoms with Gasteiger partial charge in [-0.05, 0) is 37.5 Å². The zero-order valence-corrected chi connectivity index (χ0v) is 66.6. The number of rotatable bonds is 79. The highest BCUT2D eigenvalue weighted by Crippen LogP contribution is 2.45. The Morgan fingerprint density at radius 2 is 0.465 bits per heavy atom. The fourth-order valence-corrected chi connectivity index (χ4v) is 13.9. The van der Waals surface area contributed by atoms with Crippen molar-refractivity contribution in [3.8, 4) is 0 Å². The third-order valence-electron chi connectivity index (χ3n) is 18.7. The van der Waals surface area contributed by atoms with Gasteiger partial charge in [-0.25, -0.2) is 9.13 Å². The molecule has 0 aromatic carbocycles. The SMILES string of the molecule is CCCCCCCCCCCCCCCCC(=O)O[C@H](COC(=O)CCCCCCCCCC)COP(=O)(O)OC[C@H](O)COP(=O)(O)OC[C@@H](COC(=O)CCCCCCCCCCCCCCCCCC(C)C)OC(=O)CCCCCCCCCCCCCCCCCCC(C)C. The van der Waals surface area contributed by atoms with Gasteiger partial charge in [-0.15, -0.1) is 0 Å². The van der Waals surface area contributed by atoms with Gasteiger partial charge < -0.3 is 33.8 Å². The summed E-state index contributed by atoms with van der Waals surface area (Å²) in [6.07, 6.45) is 61.1. The van der Waals surface area contributed by atoms with Crippen LogP contribution in [0.25, 0.3) is 0 Å². The summed E-state index contributed by atoms with van der Waals surface area (Å²) in [5, 5.41) is 10.6. The number of carbonyl (C=O) groups excluding carboxylic acids is 4. The number of hydrogen-bond acceptors (Lipinski definition) is 15. The zero-order valence-electron chi connectivity index (χ0n) is 64.8. The Kier molecular flexibility index (Phi) is 70.3. The highest BCUT2D eigenvalue weighted by Gasteiger charge is 2.30. The summed E-state index contributed by atoms with van der Waals surface area (Å²) >= 11 is 0. The van der Waals surface area contributed by atoms with Crippen LogP contribution in [0, 0.1) is 11.8 Å². The molecular weight excluding hydrogens is 1290 g/mol. The Labute approximate surface area is 607 Å². The number of ether oxygens (including phenoxy) is 4. The normalized spacial score (nSPS) is 13.9. The monoisotopic (exact) mass is 1450 g/mol. The molecule has 0 amide bonds. The predicted molar refractivity (Wildman–Crippen MR) is 405 cm³/mol. The van der Waals surface area contributed by atoms with E-state index in [9.17, 15) is 43.2 Å². The van der Waals surface area contributed by atoms with Crippen molar-refractivity contribution in [1.29, 1.82) is 0 Å². The van der Waals surface area contributed by atoms with Crippen molar-refractivity contribution in [3.05, 3.63) is 0 Å². The van der Waals surface area contributed by atoms with E-state index in [0.29, 0.717) is 25.7 Å². The standard InChI is InChI=1S/C80H156O17P2/c1-7-9-11-13-15-17-18-19-29-35-40-46-52-58-64-79(84)96-75(68-90-77(82)62-56-50-44-16-14-12-10-8-2)70-94-98(86,87)92-66-74(81)67-93-99(88,89)95-71-76(69-91-78(83)63-57-51-45-39-34-30-26-22-24-28-33-38-43-49-55-61-73(5)6)97-80(85)65-59-53-47-41-36-31-25-21-20-23-27-32-37-42-48-54-60-72(3)4/h72-76,81H,7-71H2,1-6H3,(H,86,87)(H,88,89)/t74-,75+,76+/m0/s1. The predicted octanol–water partition coefficient (Wildman–Crippen LogP) is 23.9. The Bertz CT molecular complexity index is 1910. The maximum atomic E-state index is 13.1. The van der Waals surface area contributed by atoms with Crippen molar-refractivity contribution >= 4 is 39.5 Å². The lowest BCUT2D eigenvalue weighted by Gasteiger charge is -2.21. The summed E-state index contributed by atoms with van der Waals surface area (Å²) in [7, 11) is -9.91. The summed E-state index contributed by atoms with van der Waals surface area (Å²) in [6, 6.07) is 0. The van der Waals surface area contributed by atoms with Crippen LogP contribution < -0.4 is 0 Å². The molecule has 0 aromatic rings. The molecule has 19 heteroatoms. The fraction of sp³-hybridized carbons (Fsp3) is 0.950. The van der Waals surface area contributed by atoms with E-state index in [0.717, 1.165) is 108 Å². The van der Waals surface area contributed by atoms with Crippen LogP contribution in [0.3, 0.4) is 0 Å². The quantitative estimate of drug-likeness (QED) is 0.0222. The molecule has 99 heavy (non-hydrogen) atoms. The first-order chi connectivity index (χ1) is 47.9. The largest absolute Gasteiger partial charge is 0.472 e. The van der Waals surface area contributed by atoms with Crippen molar-refractivity contribution < 1.29 is 80.2 Å². The van der Waals surface area contributed by atoms with Gasteiger partial charge in [0, 0.05) is 25.7 Å². The van der Waals surface area contributed by atoms with E-state index in [1.807, 2.05) is 0 Å². The molecule has 0 aliphatic rings. The highest BCUT2D eigenvalue weighted by atomic mass is 31.2. The maximum absolute atomic E-state index is 13.1. The molecule has 0 bridgehead atoms. The maximum Gasteiger partial charge on any atom is 0.472 e. The number of phosphoric ester groups is 2. The zero-order chi connectivity index (χ0) is 72.8. The second-order valence-corrected chi connectivity index (χ2v) is 32.7. The Morgan fingerprint density at radius 1 is 0.273 bits per heavy atom. The number of aliphatic hydroxyl groups excluding tert-OH is 1. The number of phosphoric acid groups is 2. The third kappa shape index (κ3) is 74.1. The number of unbranched alkanes of at least 4 members (excludes halogenated alkanes) is 49. The molecule has 0 aliphatic carbocycles. The van der Waals surface area contributed by atoms with E-state index >= 15 is 0 Å². The van der Waals surface area contributed by atoms with Gasteiger partial charge >= 0.3 is 39.5 Å². The van der Waals surface area contributed by atoms with E-state index < -0.39 is 97.5 Å². The first kappa shape index (κ1) is 97.1. The Hall–Kier alpha value is -1.94. The Balaban J connectivity index is 5.20. The van der Waals surface area contributed by atoms with Gasteiger partial charge in [-0.2, -0.15) is 0 Å². The minimum atomic E-state index is -4.96. The van der Waals surface area contributed by atoms with Crippen LogP contribution in [0.1, 0.15) is 420 Å². The van der Waals surface area contributed by atoms with Crippen molar-refractivity contribution in [3.63, 3.8) is 0 Å². The third-order valence-corrected chi connectivity index (χ3v) is 20.6. The highest BCUT2D eigenvalue weighted by molar-refractivity contribution is 7.47. The molecule has 0 spiro atoms. The summed E-state index contributed by atoms with van der Waals surface area (Å²) < 4.78 is 68.6. The summed E-state index contributed by atoms with van der Waals surface area (Å²) in [4.78, 5) is 72.9. The number of hydrogen-bond donors (Lipinski definition) is 3.